The van der Waals surface area contributed by atoms with Crippen molar-refractivity contribution in [1.82, 2.24) is 4.98 Å². The lowest BCUT2D eigenvalue weighted by molar-refractivity contribution is -0.131. The lowest BCUT2D eigenvalue weighted by atomic mass is 10.2. The molecule has 1 N–H and O–H groups in total. The minimum atomic E-state index is -0.994. The van der Waals surface area contributed by atoms with E-state index >= 15 is 0 Å². The number of ether oxygens (including phenoxy) is 1. The highest BCUT2D eigenvalue weighted by atomic mass is 16.5. The maximum absolute atomic E-state index is 10.4. The second kappa shape index (κ2) is 6.35. The number of hydrogen-bond donors (Lipinski definition) is 1. The first-order chi connectivity index (χ1) is 9.24. The Labute approximate surface area is 111 Å². The minimum Gasteiger partial charge on any atom is -0.487 e. The Morgan fingerprint density at radius 3 is 2.63 bits per heavy atom. The van der Waals surface area contributed by atoms with E-state index in [4.69, 9.17) is 9.84 Å². The number of rotatable bonds is 5. The molecule has 0 fully saturated rings. The number of nitrogens with zero attached hydrogens (tertiary/aromatic N) is 1. The Bertz CT molecular complexity index is 562. The Morgan fingerprint density at radius 1 is 1.21 bits per heavy atom. The second-order valence-corrected chi connectivity index (χ2v) is 3.86. The van der Waals surface area contributed by atoms with Gasteiger partial charge in [-0.1, -0.05) is 30.3 Å². The van der Waals surface area contributed by atoms with Crippen molar-refractivity contribution in [3.05, 3.63) is 66.0 Å². The SMILES string of the molecule is O=C(O)/C=C\c1ccc(OCc2ccccc2)cn1. The van der Waals surface area contributed by atoms with Gasteiger partial charge in [0.15, 0.2) is 0 Å². The molecule has 1 aromatic carbocycles. The topological polar surface area (TPSA) is 59.4 Å². The maximum Gasteiger partial charge on any atom is 0.328 e. The molecule has 0 unspecified atom stereocenters. The number of carbonyl (C=O) groups is 1. The normalized spacial score (nSPS) is 10.5. The van der Waals surface area contributed by atoms with Crippen molar-refractivity contribution in [2.45, 2.75) is 6.61 Å². The van der Waals surface area contributed by atoms with E-state index in [0.717, 1.165) is 11.6 Å². The Kier molecular flexibility index (Phi) is 4.29. The molecule has 19 heavy (non-hydrogen) atoms. The largest absolute Gasteiger partial charge is 0.487 e. The zero-order chi connectivity index (χ0) is 13.5. The second-order valence-electron chi connectivity index (χ2n) is 3.86. The molecule has 4 heteroatoms. The number of hydrogen-bond acceptors (Lipinski definition) is 3. The lowest BCUT2D eigenvalue weighted by Crippen LogP contribution is -1.95. The van der Waals surface area contributed by atoms with E-state index in [2.05, 4.69) is 4.98 Å². The molecule has 0 bridgehead atoms. The van der Waals surface area contributed by atoms with Crippen LogP contribution in [0.4, 0.5) is 0 Å². The molecular weight excluding hydrogens is 242 g/mol. The van der Waals surface area contributed by atoms with E-state index in [1.165, 1.54) is 6.08 Å². The Hall–Kier alpha value is -2.62. The van der Waals surface area contributed by atoms with E-state index in [-0.39, 0.29) is 0 Å². The van der Waals surface area contributed by atoms with Crippen LogP contribution in [0, 0.1) is 0 Å². The van der Waals surface area contributed by atoms with Crippen LogP contribution in [0.2, 0.25) is 0 Å². The molecule has 0 atom stereocenters. The number of carboxylic acid groups (broad SMARTS) is 1. The van der Waals surface area contributed by atoms with Crippen molar-refractivity contribution in [3.8, 4) is 5.75 Å². The van der Waals surface area contributed by atoms with Gasteiger partial charge < -0.3 is 9.84 Å². The van der Waals surface area contributed by atoms with Gasteiger partial charge >= 0.3 is 5.97 Å². The summed E-state index contributed by atoms with van der Waals surface area (Å²) in [5.41, 5.74) is 1.66. The average Bonchev–Trinajstić information content (AvgIpc) is 2.45. The van der Waals surface area contributed by atoms with Gasteiger partial charge in [0, 0.05) is 6.08 Å². The molecule has 0 saturated carbocycles. The Balaban J connectivity index is 1.94. The number of aromatic nitrogens is 1. The van der Waals surface area contributed by atoms with Crippen molar-refractivity contribution in [3.63, 3.8) is 0 Å². The summed E-state index contributed by atoms with van der Waals surface area (Å²) >= 11 is 0. The van der Waals surface area contributed by atoms with E-state index in [1.54, 1.807) is 18.3 Å². The molecule has 0 saturated heterocycles. The average molecular weight is 255 g/mol. The van der Waals surface area contributed by atoms with E-state index < -0.39 is 5.97 Å². The van der Waals surface area contributed by atoms with Gasteiger partial charge in [-0.2, -0.15) is 0 Å². The van der Waals surface area contributed by atoms with Gasteiger partial charge in [-0.05, 0) is 23.8 Å². The van der Waals surface area contributed by atoms with Gasteiger partial charge in [-0.3, -0.25) is 4.98 Å². The van der Waals surface area contributed by atoms with E-state index in [9.17, 15) is 4.79 Å². The summed E-state index contributed by atoms with van der Waals surface area (Å²) in [5.74, 6) is -0.345. The van der Waals surface area contributed by atoms with Crippen molar-refractivity contribution < 1.29 is 14.6 Å². The Morgan fingerprint density at radius 2 is 2.00 bits per heavy atom. The van der Waals surface area contributed by atoms with Crippen molar-refractivity contribution in [2.24, 2.45) is 0 Å². The van der Waals surface area contributed by atoms with Gasteiger partial charge in [0.1, 0.15) is 12.4 Å². The monoisotopic (exact) mass is 255 g/mol. The molecule has 1 heterocycles. The summed E-state index contributed by atoms with van der Waals surface area (Å²) in [4.78, 5) is 14.4. The van der Waals surface area contributed by atoms with Crippen LogP contribution in [-0.2, 0) is 11.4 Å². The zero-order valence-electron chi connectivity index (χ0n) is 10.2. The standard InChI is InChI=1S/C15H13NO3/c17-15(18)9-7-13-6-8-14(10-16-13)19-11-12-4-2-1-3-5-12/h1-10H,11H2,(H,17,18)/b9-7-. The quantitative estimate of drug-likeness (QED) is 0.834. The van der Waals surface area contributed by atoms with Crippen LogP contribution in [0.1, 0.15) is 11.3 Å². The minimum absolute atomic E-state index is 0.479. The molecule has 0 amide bonds. The zero-order valence-corrected chi connectivity index (χ0v) is 10.2. The van der Waals surface area contributed by atoms with Gasteiger partial charge in [0.05, 0.1) is 11.9 Å². The molecule has 0 spiro atoms. The lowest BCUT2D eigenvalue weighted by Gasteiger charge is -2.05. The van der Waals surface area contributed by atoms with Crippen molar-refractivity contribution in [1.29, 1.82) is 0 Å². The highest BCUT2D eigenvalue weighted by Crippen LogP contribution is 2.12. The van der Waals surface area contributed by atoms with Crippen LogP contribution in [-0.4, -0.2) is 16.1 Å². The van der Waals surface area contributed by atoms with Gasteiger partial charge in [-0.25, -0.2) is 4.79 Å². The summed E-state index contributed by atoms with van der Waals surface area (Å²) in [7, 11) is 0. The predicted octanol–water partition coefficient (Wildman–Crippen LogP) is 2.76. The summed E-state index contributed by atoms with van der Waals surface area (Å²) in [6.07, 6.45) is 4.06. The molecule has 4 nitrogen and oxygen atoms in total. The fraction of sp³-hybridized carbons (Fsp3) is 0.0667. The first-order valence-corrected chi connectivity index (χ1v) is 5.78. The first-order valence-electron chi connectivity index (χ1n) is 5.78. The van der Waals surface area contributed by atoms with Crippen LogP contribution in [0.25, 0.3) is 6.08 Å². The number of carboxylic acids is 1. The van der Waals surface area contributed by atoms with Crippen LogP contribution in [0.3, 0.4) is 0 Å². The highest BCUT2D eigenvalue weighted by Gasteiger charge is 1.97. The number of pyridine rings is 1. The van der Waals surface area contributed by atoms with E-state index in [0.29, 0.717) is 18.1 Å². The van der Waals surface area contributed by atoms with Crippen LogP contribution < -0.4 is 4.74 Å². The molecule has 0 aliphatic carbocycles. The molecule has 0 aliphatic heterocycles. The van der Waals surface area contributed by atoms with Crippen LogP contribution >= 0.6 is 0 Å². The number of aliphatic carboxylic acids is 1. The maximum atomic E-state index is 10.4. The van der Waals surface area contributed by atoms with Crippen molar-refractivity contribution >= 4 is 12.0 Å². The summed E-state index contributed by atoms with van der Waals surface area (Å²) in [6, 6.07) is 13.3. The van der Waals surface area contributed by atoms with Gasteiger partial charge in [-0.15, -0.1) is 0 Å². The molecule has 0 aliphatic rings. The van der Waals surface area contributed by atoms with Crippen LogP contribution in [0.5, 0.6) is 5.75 Å². The smallest absolute Gasteiger partial charge is 0.328 e. The number of benzene rings is 1. The fourth-order valence-corrected chi connectivity index (χ4v) is 1.47. The molecular formula is C15H13NO3. The third kappa shape index (κ3) is 4.27. The summed E-state index contributed by atoms with van der Waals surface area (Å²) in [5, 5.41) is 8.50. The molecule has 2 aromatic rings. The third-order valence-electron chi connectivity index (χ3n) is 2.40. The first kappa shape index (κ1) is 12.8. The molecule has 0 radical (unpaired) electrons. The summed E-state index contributed by atoms with van der Waals surface area (Å²) in [6.45, 7) is 0.479. The molecule has 1 aromatic heterocycles. The van der Waals surface area contributed by atoms with E-state index in [1.807, 2.05) is 30.3 Å². The highest BCUT2D eigenvalue weighted by molar-refractivity contribution is 5.84. The molecule has 2 rings (SSSR count). The van der Waals surface area contributed by atoms with Gasteiger partial charge in [0.25, 0.3) is 0 Å². The third-order valence-corrected chi connectivity index (χ3v) is 2.40. The fourth-order valence-electron chi connectivity index (χ4n) is 1.47. The molecule has 96 valence electrons. The van der Waals surface area contributed by atoms with Gasteiger partial charge in [0.2, 0.25) is 0 Å². The predicted molar refractivity (Wildman–Crippen MR) is 71.7 cm³/mol. The van der Waals surface area contributed by atoms with Crippen LogP contribution in [0.15, 0.2) is 54.7 Å². The van der Waals surface area contributed by atoms with Crippen molar-refractivity contribution in [2.75, 3.05) is 0 Å². The summed E-state index contributed by atoms with van der Waals surface area (Å²) < 4.78 is 5.57.